The van der Waals surface area contributed by atoms with Crippen molar-refractivity contribution in [3.05, 3.63) is 53.6 Å². The number of nitrogens with one attached hydrogen (secondary N) is 1. The van der Waals surface area contributed by atoms with Crippen LogP contribution in [-0.2, 0) is 9.53 Å². The van der Waals surface area contributed by atoms with Crippen LogP contribution in [0.25, 0.3) is 0 Å². The normalized spacial score (nSPS) is 15.5. The van der Waals surface area contributed by atoms with Gasteiger partial charge in [0, 0.05) is 13.1 Å². The topological polar surface area (TPSA) is 50.8 Å². The van der Waals surface area contributed by atoms with Crippen LogP contribution in [-0.4, -0.2) is 38.3 Å². The molecule has 0 bridgehead atoms. The average Bonchev–Trinajstić information content (AvgIpc) is 2.63. The molecule has 0 radical (unpaired) electrons. The van der Waals surface area contributed by atoms with Crippen molar-refractivity contribution in [2.75, 3.05) is 36.5 Å². The number of anilines is 2. The van der Waals surface area contributed by atoms with Crippen LogP contribution in [0.3, 0.4) is 0 Å². The smallest absolute Gasteiger partial charge is 0.265 e. The first-order chi connectivity index (χ1) is 12.1. The van der Waals surface area contributed by atoms with E-state index < -0.39 is 6.10 Å². The summed E-state index contributed by atoms with van der Waals surface area (Å²) < 4.78 is 11.1. The van der Waals surface area contributed by atoms with Crippen LogP contribution in [0.1, 0.15) is 6.92 Å². The molecule has 2 aromatic rings. The third-order valence-corrected chi connectivity index (χ3v) is 4.30. The minimum atomic E-state index is -0.626. The quantitative estimate of drug-likeness (QED) is 0.885. The maximum absolute atomic E-state index is 12.5. The lowest BCUT2D eigenvalue weighted by molar-refractivity contribution is -0.122. The Balaban J connectivity index is 1.73. The fourth-order valence-corrected chi connectivity index (χ4v) is 3.01. The molecule has 6 heteroatoms. The molecular weight excluding hydrogens is 340 g/mol. The highest BCUT2D eigenvalue weighted by atomic mass is 35.5. The molecule has 25 heavy (non-hydrogen) atoms. The van der Waals surface area contributed by atoms with Gasteiger partial charge in [0.1, 0.15) is 5.75 Å². The number of para-hydroxylation sites is 2. The van der Waals surface area contributed by atoms with Gasteiger partial charge in [0.05, 0.1) is 29.6 Å². The lowest BCUT2D eigenvalue weighted by Crippen LogP contribution is -2.37. The molecule has 1 fully saturated rings. The van der Waals surface area contributed by atoms with Gasteiger partial charge in [-0.3, -0.25) is 4.79 Å². The summed E-state index contributed by atoms with van der Waals surface area (Å²) in [7, 11) is 0. The highest BCUT2D eigenvalue weighted by Gasteiger charge is 2.21. The summed E-state index contributed by atoms with van der Waals surface area (Å²) in [6.07, 6.45) is -0.626. The Kier molecular flexibility index (Phi) is 5.79. The fourth-order valence-electron chi connectivity index (χ4n) is 2.72. The van der Waals surface area contributed by atoms with E-state index in [2.05, 4.69) is 10.2 Å². The van der Waals surface area contributed by atoms with Crippen LogP contribution in [0.4, 0.5) is 11.4 Å². The van der Waals surface area contributed by atoms with Gasteiger partial charge in [-0.25, -0.2) is 0 Å². The third kappa shape index (κ3) is 4.44. The Morgan fingerprint density at radius 3 is 2.60 bits per heavy atom. The second-order valence-electron chi connectivity index (χ2n) is 5.80. The van der Waals surface area contributed by atoms with Gasteiger partial charge in [0.2, 0.25) is 0 Å². The molecule has 0 unspecified atom stereocenters. The molecule has 0 aliphatic carbocycles. The van der Waals surface area contributed by atoms with Crippen molar-refractivity contribution < 1.29 is 14.3 Å². The molecule has 5 nitrogen and oxygen atoms in total. The van der Waals surface area contributed by atoms with Crippen molar-refractivity contribution >= 4 is 28.9 Å². The molecule has 0 spiro atoms. The van der Waals surface area contributed by atoms with Gasteiger partial charge in [-0.15, -0.1) is 0 Å². The van der Waals surface area contributed by atoms with E-state index in [1.807, 2.05) is 48.5 Å². The van der Waals surface area contributed by atoms with Crippen LogP contribution < -0.4 is 15.0 Å². The van der Waals surface area contributed by atoms with Gasteiger partial charge in [-0.05, 0) is 31.2 Å². The molecule has 1 amide bonds. The zero-order valence-corrected chi connectivity index (χ0v) is 14.8. The van der Waals surface area contributed by atoms with Crippen molar-refractivity contribution in [2.45, 2.75) is 13.0 Å². The molecule has 1 aliphatic heterocycles. The van der Waals surface area contributed by atoms with Crippen molar-refractivity contribution in [1.82, 2.24) is 0 Å². The van der Waals surface area contributed by atoms with E-state index in [1.54, 1.807) is 6.92 Å². The Labute approximate surface area is 152 Å². The molecule has 0 aromatic heterocycles. The summed E-state index contributed by atoms with van der Waals surface area (Å²) in [6, 6.07) is 14.8. The van der Waals surface area contributed by atoms with Gasteiger partial charge in [-0.1, -0.05) is 35.9 Å². The summed E-state index contributed by atoms with van der Waals surface area (Å²) in [5.74, 6) is 0.435. The lowest BCUT2D eigenvalue weighted by atomic mass is 10.2. The minimum absolute atomic E-state index is 0.222. The summed E-state index contributed by atoms with van der Waals surface area (Å²) in [6.45, 7) is 4.49. The number of halogens is 1. The molecule has 1 atom stereocenters. The molecule has 3 rings (SSSR count). The number of amides is 1. The first-order valence-corrected chi connectivity index (χ1v) is 8.67. The number of benzene rings is 2. The van der Waals surface area contributed by atoms with E-state index in [4.69, 9.17) is 21.1 Å². The molecule has 1 N–H and O–H groups in total. The zero-order valence-electron chi connectivity index (χ0n) is 14.1. The molecule has 132 valence electrons. The molecule has 1 heterocycles. The number of rotatable bonds is 5. The SMILES string of the molecule is C[C@H](Oc1ccccc1)C(=O)Nc1cccc(Cl)c1N1CCOCC1. The summed E-state index contributed by atoms with van der Waals surface area (Å²) in [5.41, 5.74) is 1.51. The predicted octanol–water partition coefficient (Wildman–Crippen LogP) is 3.58. The maximum Gasteiger partial charge on any atom is 0.265 e. The summed E-state index contributed by atoms with van der Waals surface area (Å²) in [5, 5.41) is 3.55. The molecular formula is C19H21ClN2O3. The van der Waals surface area contributed by atoms with Crippen molar-refractivity contribution in [2.24, 2.45) is 0 Å². The molecule has 2 aromatic carbocycles. The number of morpholine rings is 1. The number of carbonyl (C=O) groups is 1. The summed E-state index contributed by atoms with van der Waals surface area (Å²) >= 11 is 6.39. The maximum atomic E-state index is 12.5. The number of carbonyl (C=O) groups excluding carboxylic acids is 1. The van der Waals surface area contributed by atoms with E-state index in [0.717, 1.165) is 18.8 Å². The van der Waals surface area contributed by atoms with Crippen LogP contribution in [0, 0.1) is 0 Å². The van der Waals surface area contributed by atoms with Crippen LogP contribution in [0.2, 0.25) is 5.02 Å². The standard InChI is InChI=1S/C19H21ClN2O3/c1-14(25-15-6-3-2-4-7-15)19(23)21-17-9-5-8-16(20)18(17)22-10-12-24-13-11-22/h2-9,14H,10-13H2,1H3,(H,21,23)/t14-/m0/s1. The van der Waals surface area contributed by atoms with Gasteiger partial charge >= 0.3 is 0 Å². The van der Waals surface area contributed by atoms with Crippen LogP contribution >= 0.6 is 11.6 Å². The Hall–Kier alpha value is -2.24. The van der Waals surface area contributed by atoms with E-state index >= 15 is 0 Å². The fraction of sp³-hybridized carbons (Fsp3) is 0.316. The van der Waals surface area contributed by atoms with Crippen LogP contribution in [0.5, 0.6) is 5.75 Å². The molecule has 1 aliphatic rings. The highest BCUT2D eigenvalue weighted by Crippen LogP contribution is 2.34. The van der Waals surface area contributed by atoms with Crippen molar-refractivity contribution in [1.29, 1.82) is 0 Å². The van der Waals surface area contributed by atoms with Gasteiger partial charge in [-0.2, -0.15) is 0 Å². The second kappa shape index (κ2) is 8.23. The number of nitrogens with zero attached hydrogens (tertiary/aromatic N) is 1. The Morgan fingerprint density at radius 1 is 1.16 bits per heavy atom. The van der Waals surface area contributed by atoms with Crippen LogP contribution in [0.15, 0.2) is 48.5 Å². The highest BCUT2D eigenvalue weighted by molar-refractivity contribution is 6.34. The lowest BCUT2D eigenvalue weighted by Gasteiger charge is -2.31. The largest absolute Gasteiger partial charge is 0.481 e. The number of hydrogen-bond donors (Lipinski definition) is 1. The first-order valence-electron chi connectivity index (χ1n) is 8.29. The Bertz CT molecular complexity index is 718. The molecule has 0 saturated carbocycles. The van der Waals surface area contributed by atoms with E-state index in [9.17, 15) is 4.79 Å². The van der Waals surface area contributed by atoms with Crippen molar-refractivity contribution in [3.8, 4) is 5.75 Å². The minimum Gasteiger partial charge on any atom is -0.481 e. The summed E-state index contributed by atoms with van der Waals surface area (Å²) in [4.78, 5) is 14.7. The van der Waals surface area contributed by atoms with Crippen molar-refractivity contribution in [3.63, 3.8) is 0 Å². The average molecular weight is 361 g/mol. The van der Waals surface area contributed by atoms with Gasteiger partial charge in [0.25, 0.3) is 5.91 Å². The second-order valence-corrected chi connectivity index (χ2v) is 6.21. The predicted molar refractivity (Wildman–Crippen MR) is 99.6 cm³/mol. The van der Waals surface area contributed by atoms with E-state index in [1.165, 1.54) is 0 Å². The zero-order chi connectivity index (χ0) is 17.6. The Morgan fingerprint density at radius 2 is 1.88 bits per heavy atom. The van der Waals surface area contributed by atoms with Gasteiger partial charge < -0.3 is 19.7 Å². The molecule has 1 saturated heterocycles. The van der Waals surface area contributed by atoms with Gasteiger partial charge in [0.15, 0.2) is 6.10 Å². The first kappa shape index (κ1) is 17.6. The number of hydrogen-bond acceptors (Lipinski definition) is 4. The van der Waals surface area contributed by atoms with E-state index in [-0.39, 0.29) is 5.91 Å². The monoisotopic (exact) mass is 360 g/mol. The van der Waals surface area contributed by atoms with E-state index in [0.29, 0.717) is 29.7 Å². The number of ether oxygens (including phenoxy) is 2. The third-order valence-electron chi connectivity index (χ3n) is 4.00.